The Bertz CT molecular complexity index is 214. The number of rotatable bonds is 2. The quantitative estimate of drug-likeness (QED) is 0.390. The molecule has 0 radical (unpaired) electrons. The Morgan fingerprint density at radius 2 is 1.83 bits per heavy atom. The van der Waals surface area contributed by atoms with Crippen molar-refractivity contribution in [1.82, 2.24) is 5.32 Å². The number of carbonyl (C=O) groups is 1. The van der Waals surface area contributed by atoms with Gasteiger partial charge in [0.2, 0.25) is 0 Å². The fourth-order valence-corrected chi connectivity index (χ4v) is 0.630. The van der Waals surface area contributed by atoms with E-state index in [2.05, 4.69) is 17.9 Å². The van der Waals surface area contributed by atoms with E-state index in [-0.39, 0.29) is 5.57 Å². The fraction of sp³-hybridized carbons (Fsp3) is 0.625. The van der Waals surface area contributed by atoms with Gasteiger partial charge in [-0.05, 0) is 27.7 Å². The highest BCUT2D eigenvalue weighted by Crippen LogP contribution is 2.10. The van der Waals surface area contributed by atoms with Crippen molar-refractivity contribution >= 4 is 18.5 Å². The number of hydrogen-bond donors (Lipinski definition) is 2. The van der Waals surface area contributed by atoms with Crippen LogP contribution in [0.2, 0.25) is 0 Å². The van der Waals surface area contributed by atoms with Crippen LogP contribution in [-0.4, -0.2) is 10.8 Å². The zero-order valence-corrected chi connectivity index (χ0v) is 8.63. The van der Waals surface area contributed by atoms with Crippen molar-refractivity contribution < 1.29 is 9.18 Å². The van der Waals surface area contributed by atoms with E-state index in [1.807, 2.05) is 0 Å². The molecule has 1 amide bonds. The normalized spacial score (nSPS) is 13.8. The van der Waals surface area contributed by atoms with E-state index in [0.29, 0.717) is 0 Å². The van der Waals surface area contributed by atoms with E-state index in [1.165, 1.54) is 13.8 Å². The minimum absolute atomic E-state index is 0.0946. The van der Waals surface area contributed by atoms with Crippen molar-refractivity contribution in [1.29, 1.82) is 0 Å². The summed E-state index contributed by atoms with van der Waals surface area (Å²) in [5, 5.41) is 2.53. The third-order valence-electron chi connectivity index (χ3n) is 1.28. The van der Waals surface area contributed by atoms with Crippen molar-refractivity contribution in [2.24, 2.45) is 0 Å². The van der Waals surface area contributed by atoms with Crippen LogP contribution in [0.5, 0.6) is 0 Å². The van der Waals surface area contributed by atoms with E-state index in [4.69, 9.17) is 0 Å². The molecule has 0 saturated carbocycles. The molecule has 0 fully saturated rings. The maximum atomic E-state index is 12.5. The molecule has 0 aromatic rings. The molecule has 0 aliphatic rings. The Kier molecular flexibility index (Phi) is 3.77. The third kappa shape index (κ3) is 4.38. The molecule has 12 heavy (non-hydrogen) atoms. The first-order valence-electron chi connectivity index (χ1n) is 3.62. The molecule has 0 aliphatic heterocycles. The van der Waals surface area contributed by atoms with Crippen LogP contribution in [0, 0.1) is 0 Å². The number of nitrogens with one attached hydrogen (secondary N) is 1. The molecule has 70 valence electrons. The molecule has 2 nitrogen and oxygen atoms in total. The van der Waals surface area contributed by atoms with Crippen LogP contribution in [-0.2, 0) is 4.79 Å². The minimum atomic E-state index is -0.617. The van der Waals surface area contributed by atoms with Gasteiger partial charge in [0, 0.05) is 5.57 Å². The summed E-state index contributed by atoms with van der Waals surface area (Å²) in [7, 11) is 0. The van der Waals surface area contributed by atoms with Crippen molar-refractivity contribution in [3.8, 4) is 0 Å². The minimum Gasteiger partial charge on any atom is -0.339 e. The number of amides is 1. The molecular formula is C8H14FNOS. The smallest absolute Gasteiger partial charge is 0.250 e. The van der Waals surface area contributed by atoms with Crippen LogP contribution in [0.15, 0.2) is 11.4 Å². The van der Waals surface area contributed by atoms with E-state index in [9.17, 15) is 9.18 Å². The lowest BCUT2D eigenvalue weighted by Gasteiger charge is -2.19. The third-order valence-corrected chi connectivity index (χ3v) is 1.39. The van der Waals surface area contributed by atoms with Crippen molar-refractivity contribution in [3.63, 3.8) is 0 Å². The molecule has 0 atom stereocenters. The van der Waals surface area contributed by atoms with Crippen LogP contribution in [0.1, 0.15) is 27.7 Å². The van der Waals surface area contributed by atoms with Crippen LogP contribution in [0.3, 0.4) is 0 Å². The highest BCUT2D eigenvalue weighted by Gasteiger charge is 2.16. The molecule has 1 N–H and O–H groups in total. The number of halogens is 1. The second kappa shape index (κ2) is 3.94. The number of carbonyl (C=O) groups excluding carboxylic acids is 1. The van der Waals surface area contributed by atoms with Crippen molar-refractivity contribution in [2.45, 2.75) is 32.6 Å². The maximum Gasteiger partial charge on any atom is 0.250 e. The lowest BCUT2D eigenvalue weighted by molar-refractivity contribution is -0.118. The molecule has 4 heteroatoms. The average Bonchev–Trinajstić information content (AvgIpc) is 1.82. The Balaban J connectivity index is 4.36. The van der Waals surface area contributed by atoms with Gasteiger partial charge in [0.15, 0.2) is 0 Å². The lowest BCUT2D eigenvalue weighted by Crippen LogP contribution is -2.39. The zero-order chi connectivity index (χ0) is 9.94. The highest BCUT2D eigenvalue weighted by molar-refractivity contribution is 7.81. The predicted molar refractivity (Wildman–Crippen MR) is 50.7 cm³/mol. The summed E-state index contributed by atoms with van der Waals surface area (Å²) in [6, 6.07) is 0. The molecule has 0 bridgehead atoms. The summed E-state index contributed by atoms with van der Waals surface area (Å²) >= 11 is 4.08. The van der Waals surface area contributed by atoms with Gasteiger partial charge in [-0.2, -0.15) is 12.6 Å². The van der Waals surface area contributed by atoms with Gasteiger partial charge < -0.3 is 5.32 Å². The molecule has 0 saturated heterocycles. The molecule has 0 aromatic heterocycles. The molecule has 0 spiro atoms. The van der Waals surface area contributed by atoms with Gasteiger partial charge in [0.05, 0.1) is 4.87 Å². The second-order valence-corrected chi connectivity index (χ2v) is 4.29. The summed E-state index contributed by atoms with van der Waals surface area (Å²) < 4.78 is 12.5. The summed E-state index contributed by atoms with van der Waals surface area (Å²) in [5.74, 6) is -0.889. The number of hydrogen-bond acceptors (Lipinski definition) is 2. The SMILES string of the molecule is C/C(F)=C(\C)C(=O)NC(C)(C)S. The van der Waals surface area contributed by atoms with Crippen molar-refractivity contribution in [3.05, 3.63) is 11.4 Å². The standard InChI is InChI=1S/C8H14FNOS/c1-5(6(2)9)7(11)10-8(3,4)12/h12H,1-4H3,(H,10,11)/b6-5-. The van der Waals surface area contributed by atoms with E-state index in [0.717, 1.165) is 0 Å². The van der Waals surface area contributed by atoms with Crippen LogP contribution >= 0.6 is 12.6 Å². The van der Waals surface area contributed by atoms with Crippen LogP contribution in [0.25, 0.3) is 0 Å². The average molecular weight is 191 g/mol. The molecule has 0 rings (SSSR count). The van der Waals surface area contributed by atoms with E-state index < -0.39 is 16.6 Å². The summed E-state index contributed by atoms with van der Waals surface area (Å²) in [6.45, 7) is 6.12. The second-order valence-electron chi connectivity index (χ2n) is 3.17. The zero-order valence-electron chi connectivity index (χ0n) is 7.73. The fourth-order valence-electron chi connectivity index (χ4n) is 0.528. The highest BCUT2D eigenvalue weighted by atomic mass is 32.1. The maximum absolute atomic E-state index is 12.5. The topological polar surface area (TPSA) is 29.1 Å². The Labute approximate surface area is 77.6 Å². The van der Waals surface area contributed by atoms with Gasteiger partial charge >= 0.3 is 0 Å². The molecule has 0 aliphatic carbocycles. The molecule has 0 unspecified atom stereocenters. The molecular weight excluding hydrogens is 177 g/mol. The summed E-state index contributed by atoms with van der Waals surface area (Å²) in [5.41, 5.74) is 0.0946. The largest absolute Gasteiger partial charge is 0.339 e. The van der Waals surface area contributed by atoms with Gasteiger partial charge in [0.1, 0.15) is 5.83 Å². The van der Waals surface area contributed by atoms with Gasteiger partial charge in [-0.25, -0.2) is 4.39 Å². The van der Waals surface area contributed by atoms with Crippen LogP contribution in [0.4, 0.5) is 4.39 Å². The van der Waals surface area contributed by atoms with E-state index in [1.54, 1.807) is 13.8 Å². The number of thiol groups is 1. The van der Waals surface area contributed by atoms with Crippen LogP contribution < -0.4 is 5.32 Å². The first-order chi connectivity index (χ1) is 5.24. The monoisotopic (exact) mass is 191 g/mol. The summed E-state index contributed by atoms with van der Waals surface area (Å²) in [4.78, 5) is 10.5. The predicted octanol–water partition coefficient (Wildman–Crippen LogP) is 2.03. The van der Waals surface area contributed by atoms with Gasteiger partial charge in [-0.15, -0.1) is 0 Å². The van der Waals surface area contributed by atoms with Gasteiger partial charge in [0.25, 0.3) is 5.91 Å². The van der Waals surface area contributed by atoms with E-state index >= 15 is 0 Å². The first kappa shape index (κ1) is 11.5. The van der Waals surface area contributed by atoms with Crippen molar-refractivity contribution in [2.75, 3.05) is 0 Å². The lowest BCUT2D eigenvalue weighted by atomic mass is 10.2. The van der Waals surface area contributed by atoms with Gasteiger partial charge in [-0.1, -0.05) is 0 Å². The summed E-state index contributed by atoms with van der Waals surface area (Å²) in [6.07, 6.45) is 0. The number of allylic oxidation sites excluding steroid dienone is 1. The van der Waals surface area contributed by atoms with Gasteiger partial charge in [-0.3, -0.25) is 4.79 Å². The molecule has 0 heterocycles. The Morgan fingerprint density at radius 1 is 1.42 bits per heavy atom. The Hall–Kier alpha value is -0.510. The molecule has 0 aromatic carbocycles. The Morgan fingerprint density at radius 3 is 2.08 bits per heavy atom. The first-order valence-corrected chi connectivity index (χ1v) is 4.06.